The van der Waals surface area contributed by atoms with E-state index in [0.29, 0.717) is 0 Å². The average molecular weight is 220 g/mol. The van der Waals surface area contributed by atoms with Crippen LogP contribution in [0.15, 0.2) is 24.3 Å². The van der Waals surface area contributed by atoms with E-state index < -0.39 is 0 Å². The van der Waals surface area contributed by atoms with Crippen LogP contribution >= 0.6 is 0 Å². The summed E-state index contributed by atoms with van der Waals surface area (Å²) in [5.74, 6) is 0. The van der Waals surface area contributed by atoms with Crippen LogP contribution in [0.3, 0.4) is 0 Å². The fourth-order valence-corrected chi connectivity index (χ4v) is 2.28. The molecular formula is C14H20O2. The number of benzene rings is 1. The van der Waals surface area contributed by atoms with Gasteiger partial charge in [0.1, 0.15) is 0 Å². The van der Waals surface area contributed by atoms with E-state index in [1.165, 1.54) is 11.1 Å². The summed E-state index contributed by atoms with van der Waals surface area (Å²) < 4.78 is 0. The topological polar surface area (TPSA) is 40.5 Å². The number of hydrogen-bond donors (Lipinski definition) is 2. The monoisotopic (exact) mass is 220 g/mol. The molecule has 1 aliphatic carbocycles. The molecule has 2 heteroatoms. The fraction of sp³-hybridized carbons (Fsp3) is 0.571. The summed E-state index contributed by atoms with van der Waals surface area (Å²) in [5.41, 5.74) is 2.13. The lowest BCUT2D eigenvalue weighted by Crippen LogP contribution is -2.27. The molecular weight excluding hydrogens is 200 g/mol. The van der Waals surface area contributed by atoms with Crippen molar-refractivity contribution in [2.75, 3.05) is 13.2 Å². The highest BCUT2D eigenvalue weighted by Crippen LogP contribution is 2.50. The van der Waals surface area contributed by atoms with Gasteiger partial charge in [-0.3, -0.25) is 0 Å². The van der Waals surface area contributed by atoms with E-state index in [0.717, 1.165) is 12.8 Å². The third kappa shape index (κ3) is 1.76. The lowest BCUT2D eigenvalue weighted by Gasteiger charge is -2.28. The van der Waals surface area contributed by atoms with Crippen LogP contribution in [-0.4, -0.2) is 23.4 Å². The Morgan fingerprint density at radius 2 is 1.81 bits per heavy atom. The molecule has 0 atom stereocenters. The van der Waals surface area contributed by atoms with Crippen LogP contribution in [0, 0.1) is 0 Å². The Hall–Kier alpha value is -0.860. The first-order valence-corrected chi connectivity index (χ1v) is 5.87. The third-order valence-electron chi connectivity index (χ3n) is 3.78. The minimum atomic E-state index is -0.235. The zero-order valence-corrected chi connectivity index (χ0v) is 10.0. The normalized spacial score (nSPS) is 18.5. The molecule has 0 radical (unpaired) electrons. The molecule has 2 N–H and O–H groups in total. The highest BCUT2D eigenvalue weighted by Gasteiger charge is 2.46. The predicted octanol–water partition coefficient (Wildman–Crippen LogP) is 1.98. The molecule has 0 unspecified atom stereocenters. The Balaban J connectivity index is 2.47. The van der Waals surface area contributed by atoms with Gasteiger partial charge in [-0.25, -0.2) is 0 Å². The maximum Gasteiger partial charge on any atom is 0.0528 e. The van der Waals surface area contributed by atoms with Gasteiger partial charge in [-0.15, -0.1) is 0 Å². The Morgan fingerprint density at radius 1 is 1.19 bits per heavy atom. The number of aliphatic hydroxyl groups is 2. The van der Waals surface area contributed by atoms with Crippen LogP contribution in [0.4, 0.5) is 0 Å². The Labute approximate surface area is 96.9 Å². The van der Waals surface area contributed by atoms with Gasteiger partial charge in [0.2, 0.25) is 0 Å². The van der Waals surface area contributed by atoms with E-state index in [2.05, 4.69) is 12.1 Å². The molecule has 0 saturated heterocycles. The lowest BCUT2D eigenvalue weighted by atomic mass is 9.78. The van der Waals surface area contributed by atoms with E-state index in [9.17, 15) is 10.2 Å². The first kappa shape index (κ1) is 11.6. The van der Waals surface area contributed by atoms with Crippen molar-refractivity contribution in [2.45, 2.75) is 37.5 Å². The minimum Gasteiger partial charge on any atom is -0.395 e. The van der Waals surface area contributed by atoms with Gasteiger partial charge in [0.05, 0.1) is 13.2 Å². The van der Waals surface area contributed by atoms with Crippen molar-refractivity contribution >= 4 is 0 Å². The van der Waals surface area contributed by atoms with Crippen molar-refractivity contribution < 1.29 is 10.2 Å². The Bertz CT molecular complexity index is 353. The molecule has 16 heavy (non-hydrogen) atoms. The molecule has 1 fully saturated rings. The van der Waals surface area contributed by atoms with Crippen molar-refractivity contribution in [3.63, 3.8) is 0 Å². The summed E-state index contributed by atoms with van der Waals surface area (Å²) in [4.78, 5) is 0. The number of hydrogen-bond acceptors (Lipinski definition) is 2. The van der Waals surface area contributed by atoms with Gasteiger partial charge in [-0.05, 0) is 24.0 Å². The third-order valence-corrected chi connectivity index (χ3v) is 3.78. The zero-order chi connectivity index (χ0) is 11.8. The van der Waals surface area contributed by atoms with Gasteiger partial charge < -0.3 is 10.2 Å². The average Bonchev–Trinajstić information content (AvgIpc) is 3.10. The van der Waals surface area contributed by atoms with Crippen molar-refractivity contribution in [3.05, 3.63) is 35.4 Å². The second kappa shape index (κ2) is 3.86. The molecule has 0 spiro atoms. The molecule has 1 saturated carbocycles. The first-order chi connectivity index (χ1) is 7.56. The molecule has 2 rings (SSSR count). The second-order valence-electron chi connectivity index (χ2n) is 5.53. The van der Waals surface area contributed by atoms with Crippen LogP contribution in [0.25, 0.3) is 0 Å². The SMILES string of the molecule is CC(C)(CO)c1ccccc1C1(CO)CC1. The highest BCUT2D eigenvalue weighted by atomic mass is 16.3. The minimum absolute atomic E-state index is 0.0248. The van der Waals surface area contributed by atoms with Gasteiger partial charge in [-0.2, -0.15) is 0 Å². The van der Waals surface area contributed by atoms with Crippen LogP contribution in [0.2, 0.25) is 0 Å². The van der Waals surface area contributed by atoms with Gasteiger partial charge in [-0.1, -0.05) is 38.1 Å². The van der Waals surface area contributed by atoms with E-state index in [-0.39, 0.29) is 24.0 Å². The summed E-state index contributed by atoms with van der Waals surface area (Å²) >= 11 is 0. The molecule has 0 aromatic heterocycles. The largest absolute Gasteiger partial charge is 0.395 e. The van der Waals surface area contributed by atoms with Crippen LogP contribution in [0.1, 0.15) is 37.8 Å². The summed E-state index contributed by atoms with van der Waals surface area (Å²) in [6.45, 7) is 4.43. The smallest absolute Gasteiger partial charge is 0.0528 e. The Morgan fingerprint density at radius 3 is 2.31 bits per heavy atom. The molecule has 2 nitrogen and oxygen atoms in total. The van der Waals surface area contributed by atoms with Crippen LogP contribution in [0.5, 0.6) is 0 Å². The maximum atomic E-state index is 9.51. The molecule has 0 aliphatic heterocycles. The summed E-state index contributed by atoms with van der Waals surface area (Å²) in [7, 11) is 0. The van der Waals surface area contributed by atoms with E-state index in [1.807, 2.05) is 26.0 Å². The van der Waals surface area contributed by atoms with E-state index in [4.69, 9.17) is 0 Å². The second-order valence-corrected chi connectivity index (χ2v) is 5.53. The summed E-state index contributed by atoms with van der Waals surface area (Å²) in [5, 5.41) is 19.0. The molecule has 0 amide bonds. The van der Waals surface area contributed by atoms with Crippen LogP contribution < -0.4 is 0 Å². The van der Waals surface area contributed by atoms with Gasteiger partial charge in [0.25, 0.3) is 0 Å². The lowest BCUT2D eigenvalue weighted by molar-refractivity contribution is 0.214. The quantitative estimate of drug-likeness (QED) is 0.814. The van der Waals surface area contributed by atoms with Gasteiger partial charge in [0, 0.05) is 10.8 Å². The van der Waals surface area contributed by atoms with Crippen molar-refractivity contribution in [2.24, 2.45) is 0 Å². The van der Waals surface area contributed by atoms with Crippen molar-refractivity contribution in [3.8, 4) is 0 Å². The van der Waals surface area contributed by atoms with Crippen molar-refractivity contribution in [1.29, 1.82) is 0 Å². The standard InChI is InChI=1S/C14H20O2/c1-13(2,9-15)11-5-3-4-6-12(11)14(10-16)7-8-14/h3-6,15-16H,7-10H2,1-2H3. The number of rotatable bonds is 4. The van der Waals surface area contributed by atoms with E-state index in [1.54, 1.807) is 0 Å². The molecule has 0 heterocycles. The molecule has 1 aliphatic rings. The zero-order valence-electron chi connectivity index (χ0n) is 10.0. The molecule has 0 bridgehead atoms. The highest BCUT2D eigenvalue weighted by molar-refractivity contribution is 5.42. The predicted molar refractivity (Wildman–Crippen MR) is 64.6 cm³/mol. The number of aliphatic hydroxyl groups excluding tert-OH is 2. The maximum absolute atomic E-state index is 9.51. The van der Waals surface area contributed by atoms with Crippen molar-refractivity contribution in [1.82, 2.24) is 0 Å². The molecule has 88 valence electrons. The summed E-state index contributed by atoms with van der Waals surface area (Å²) in [6.07, 6.45) is 2.12. The Kier molecular flexibility index (Phi) is 2.81. The van der Waals surface area contributed by atoms with Crippen LogP contribution in [-0.2, 0) is 10.8 Å². The fourth-order valence-electron chi connectivity index (χ4n) is 2.28. The summed E-state index contributed by atoms with van der Waals surface area (Å²) in [6, 6.07) is 8.18. The molecule has 1 aromatic carbocycles. The van der Waals surface area contributed by atoms with Gasteiger partial charge in [0.15, 0.2) is 0 Å². The van der Waals surface area contributed by atoms with Gasteiger partial charge >= 0.3 is 0 Å². The van der Waals surface area contributed by atoms with E-state index >= 15 is 0 Å². The molecule has 1 aromatic rings. The first-order valence-electron chi connectivity index (χ1n) is 5.87.